The van der Waals surface area contributed by atoms with E-state index in [-0.39, 0.29) is 5.82 Å². The zero-order chi connectivity index (χ0) is 14.9. The lowest BCUT2D eigenvalue weighted by Crippen LogP contribution is -2.00. The van der Waals surface area contributed by atoms with Gasteiger partial charge in [-0.3, -0.25) is 0 Å². The molecule has 0 radical (unpaired) electrons. The first-order valence-electron chi connectivity index (χ1n) is 5.87. The Morgan fingerprint density at radius 1 is 1.10 bits per heavy atom. The van der Waals surface area contributed by atoms with Gasteiger partial charge in [0.15, 0.2) is 0 Å². The van der Waals surface area contributed by atoms with Crippen molar-refractivity contribution in [2.24, 2.45) is 0 Å². The maximum Gasteiger partial charge on any atom is 0.124 e. The molecule has 2 aromatic carbocycles. The third-order valence-corrected chi connectivity index (χ3v) is 5.03. The molecular formula is C15H12Br2ClFO. The van der Waals surface area contributed by atoms with Crippen LogP contribution in [0.1, 0.15) is 22.1 Å². The molecule has 0 amide bonds. The van der Waals surface area contributed by atoms with Gasteiger partial charge < -0.3 is 4.74 Å². The number of hydrogen-bond donors (Lipinski definition) is 0. The highest BCUT2D eigenvalue weighted by Gasteiger charge is 2.19. The monoisotopic (exact) mass is 420 g/mol. The van der Waals surface area contributed by atoms with E-state index in [0.29, 0.717) is 10.2 Å². The van der Waals surface area contributed by atoms with E-state index in [0.717, 1.165) is 21.2 Å². The van der Waals surface area contributed by atoms with Crippen molar-refractivity contribution in [2.45, 2.75) is 12.3 Å². The fraction of sp³-hybridized carbons (Fsp3) is 0.200. The zero-order valence-electron chi connectivity index (χ0n) is 10.9. The zero-order valence-corrected chi connectivity index (χ0v) is 14.8. The molecule has 0 saturated carbocycles. The van der Waals surface area contributed by atoms with Gasteiger partial charge in [0.2, 0.25) is 0 Å². The van der Waals surface area contributed by atoms with Crippen LogP contribution in [0.15, 0.2) is 39.3 Å². The van der Waals surface area contributed by atoms with Crippen LogP contribution in [0.25, 0.3) is 0 Å². The van der Waals surface area contributed by atoms with Crippen LogP contribution in [-0.2, 0) is 0 Å². The summed E-state index contributed by atoms with van der Waals surface area (Å²) in [5, 5.41) is -0.433. The molecule has 0 bridgehead atoms. The number of methoxy groups -OCH3 is 1. The van der Waals surface area contributed by atoms with Gasteiger partial charge in [0.05, 0.1) is 12.5 Å². The Bertz CT molecular complexity index is 646. The molecule has 1 nitrogen and oxygen atoms in total. The topological polar surface area (TPSA) is 9.23 Å². The lowest BCUT2D eigenvalue weighted by molar-refractivity contribution is 0.409. The van der Waals surface area contributed by atoms with Gasteiger partial charge in [0, 0.05) is 14.5 Å². The number of rotatable bonds is 3. The van der Waals surface area contributed by atoms with Crippen LogP contribution in [0, 0.1) is 12.7 Å². The molecule has 0 saturated heterocycles. The Hall–Kier alpha value is -0.580. The maximum absolute atomic E-state index is 13.2. The minimum absolute atomic E-state index is 0.304. The van der Waals surface area contributed by atoms with Crippen molar-refractivity contribution in [1.29, 1.82) is 0 Å². The normalized spacial score (nSPS) is 12.3. The van der Waals surface area contributed by atoms with Gasteiger partial charge in [-0.1, -0.05) is 37.9 Å². The molecule has 5 heteroatoms. The first kappa shape index (κ1) is 15.8. The van der Waals surface area contributed by atoms with Crippen LogP contribution >= 0.6 is 43.5 Å². The molecule has 1 unspecified atom stereocenters. The summed E-state index contributed by atoms with van der Waals surface area (Å²) < 4.78 is 20.2. The van der Waals surface area contributed by atoms with Crippen LogP contribution in [0.2, 0.25) is 0 Å². The number of aryl methyl sites for hydroxylation is 1. The van der Waals surface area contributed by atoms with E-state index in [1.807, 2.05) is 19.1 Å². The second kappa shape index (κ2) is 6.46. The Kier molecular flexibility index (Phi) is 5.10. The smallest absolute Gasteiger partial charge is 0.124 e. The minimum atomic E-state index is -0.433. The Morgan fingerprint density at radius 2 is 1.80 bits per heavy atom. The predicted octanol–water partition coefficient (Wildman–Crippen LogP) is 6.00. The van der Waals surface area contributed by atoms with Crippen molar-refractivity contribution < 1.29 is 9.13 Å². The van der Waals surface area contributed by atoms with Crippen molar-refractivity contribution in [3.8, 4) is 5.75 Å². The summed E-state index contributed by atoms with van der Waals surface area (Å²) in [6.07, 6.45) is 0. The summed E-state index contributed by atoms with van der Waals surface area (Å²) in [7, 11) is 1.61. The van der Waals surface area contributed by atoms with E-state index in [1.165, 1.54) is 12.1 Å². The number of hydrogen-bond acceptors (Lipinski definition) is 1. The number of ether oxygens (including phenoxy) is 1. The van der Waals surface area contributed by atoms with E-state index < -0.39 is 5.38 Å². The van der Waals surface area contributed by atoms with Gasteiger partial charge >= 0.3 is 0 Å². The number of halogens is 4. The average molecular weight is 423 g/mol. The van der Waals surface area contributed by atoms with Crippen LogP contribution in [-0.4, -0.2) is 7.11 Å². The molecule has 0 N–H and O–H groups in total. The fourth-order valence-electron chi connectivity index (χ4n) is 1.92. The standard InChI is InChI=1S/C15H12Br2ClFO/c1-8-5-14(20-2)11(7-12(8)16)15(18)10-4-3-9(19)6-13(10)17/h3-7,15H,1-2H3. The van der Waals surface area contributed by atoms with Crippen LogP contribution < -0.4 is 4.74 Å². The summed E-state index contributed by atoms with van der Waals surface area (Å²) >= 11 is 13.4. The van der Waals surface area contributed by atoms with Crippen LogP contribution in [0.5, 0.6) is 5.75 Å². The van der Waals surface area contributed by atoms with E-state index >= 15 is 0 Å². The number of benzene rings is 2. The Morgan fingerprint density at radius 3 is 2.40 bits per heavy atom. The minimum Gasteiger partial charge on any atom is -0.496 e. The van der Waals surface area contributed by atoms with Crippen LogP contribution in [0.3, 0.4) is 0 Å². The van der Waals surface area contributed by atoms with Crippen molar-refractivity contribution >= 4 is 43.5 Å². The quantitative estimate of drug-likeness (QED) is 0.552. The lowest BCUT2D eigenvalue weighted by atomic mass is 10.0. The summed E-state index contributed by atoms with van der Waals surface area (Å²) in [6.45, 7) is 1.98. The third kappa shape index (κ3) is 3.18. The molecule has 0 spiro atoms. The second-order valence-electron chi connectivity index (χ2n) is 4.37. The van der Waals surface area contributed by atoms with Crippen molar-refractivity contribution in [3.05, 3.63) is 61.8 Å². The molecule has 0 aliphatic rings. The molecule has 20 heavy (non-hydrogen) atoms. The molecule has 0 aliphatic heterocycles. The number of alkyl halides is 1. The molecule has 1 atom stereocenters. The van der Waals surface area contributed by atoms with Gasteiger partial charge in [-0.2, -0.15) is 0 Å². The van der Waals surface area contributed by atoms with Crippen molar-refractivity contribution in [1.82, 2.24) is 0 Å². The SMILES string of the molecule is COc1cc(C)c(Br)cc1C(Cl)c1ccc(F)cc1Br. The molecule has 0 heterocycles. The van der Waals surface area contributed by atoms with Gasteiger partial charge in [-0.25, -0.2) is 4.39 Å². The first-order chi connectivity index (χ1) is 9.43. The highest BCUT2D eigenvalue weighted by atomic mass is 79.9. The molecule has 2 rings (SSSR count). The first-order valence-corrected chi connectivity index (χ1v) is 7.89. The lowest BCUT2D eigenvalue weighted by Gasteiger charge is -2.17. The maximum atomic E-state index is 13.2. The van der Waals surface area contributed by atoms with Crippen LogP contribution in [0.4, 0.5) is 4.39 Å². The molecule has 2 aromatic rings. The van der Waals surface area contributed by atoms with E-state index in [2.05, 4.69) is 31.9 Å². The summed E-state index contributed by atoms with van der Waals surface area (Å²) in [5.41, 5.74) is 2.69. The van der Waals surface area contributed by atoms with Gasteiger partial charge in [-0.05, 0) is 42.3 Å². The molecular weight excluding hydrogens is 410 g/mol. The second-order valence-corrected chi connectivity index (χ2v) is 6.52. The molecule has 0 fully saturated rings. The average Bonchev–Trinajstić information content (AvgIpc) is 2.40. The van der Waals surface area contributed by atoms with Gasteiger partial charge in [-0.15, -0.1) is 11.6 Å². The van der Waals surface area contributed by atoms with E-state index in [4.69, 9.17) is 16.3 Å². The van der Waals surface area contributed by atoms with E-state index in [9.17, 15) is 4.39 Å². The summed E-state index contributed by atoms with van der Waals surface area (Å²) in [5.74, 6) is 0.406. The van der Waals surface area contributed by atoms with E-state index in [1.54, 1.807) is 13.2 Å². The molecule has 106 valence electrons. The molecule has 0 aromatic heterocycles. The Balaban J connectivity index is 2.52. The predicted molar refractivity (Wildman–Crippen MR) is 87.2 cm³/mol. The summed E-state index contributed by atoms with van der Waals surface area (Å²) in [4.78, 5) is 0. The largest absolute Gasteiger partial charge is 0.496 e. The highest BCUT2D eigenvalue weighted by Crippen LogP contribution is 2.40. The van der Waals surface area contributed by atoms with Gasteiger partial charge in [0.1, 0.15) is 11.6 Å². The fourth-order valence-corrected chi connectivity index (χ4v) is 3.35. The summed E-state index contributed by atoms with van der Waals surface area (Å²) in [6, 6.07) is 8.32. The Labute approximate surface area is 139 Å². The highest BCUT2D eigenvalue weighted by molar-refractivity contribution is 9.10. The van der Waals surface area contributed by atoms with Crippen molar-refractivity contribution in [2.75, 3.05) is 7.11 Å². The third-order valence-electron chi connectivity index (χ3n) is 3.02. The van der Waals surface area contributed by atoms with Gasteiger partial charge in [0.25, 0.3) is 0 Å². The molecule has 0 aliphatic carbocycles. The van der Waals surface area contributed by atoms with Crippen molar-refractivity contribution in [3.63, 3.8) is 0 Å².